The summed E-state index contributed by atoms with van der Waals surface area (Å²) in [5, 5.41) is 15.5. The van der Waals surface area contributed by atoms with Crippen molar-refractivity contribution in [3.63, 3.8) is 0 Å². The number of aromatic nitrogens is 4. The molecule has 0 unspecified atom stereocenters. The number of carbonyl (C=O) groups is 1. The third-order valence-electron chi connectivity index (χ3n) is 4.89. The second-order valence-corrected chi connectivity index (χ2v) is 9.59. The average Bonchev–Trinajstić information content (AvgIpc) is 3.58. The summed E-state index contributed by atoms with van der Waals surface area (Å²) in [6, 6.07) is 11.2. The Morgan fingerprint density at radius 3 is 2.85 bits per heavy atom. The number of amides is 1. The number of hydrogen-bond donors (Lipinski definition) is 1. The lowest BCUT2D eigenvalue weighted by molar-refractivity contribution is 0.0948. The molecule has 3 heterocycles. The Morgan fingerprint density at radius 2 is 2.06 bits per heavy atom. The number of nitrogens with one attached hydrogen (secondary N) is 1. The number of furan rings is 1. The zero-order chi connectivity index (χ0) is 23.0. The quantitative estimate of drug-likeness (QED) is 0.193. The van der Waals surface area contributed by atoms with E-state index in [9.17, 15) is 4.79 Å². The summed E-state index contributed by atoms with van der Waals surface area (Å²) < 4.78 is 7.43. The van der Waals surface area contributed by atoms with E-state index < -0.39 is 0 Å². The Kier molecular flexibility index (Phi) is 8.20. The number of benzene rings is 1. The first-order valence-corrected chi connectivity index (χ1v) is 13.0. The van der Waals surface area contributed by atoms with Crippen molar-refractivity contribution in [1.29, 1.82) is 0 Å². The fraction of sp³-hybridized carbons (Fsp3) is 0.304. The summed E-state index contributed by atoms with van der Waals surface area (Å²) >= 11 is 9.41. The van der Waals surface area contributed by atoms with Gasteiger partial charge < -0.3 is 9.73 Å². The van der Waals surface area contributed by atoms with Crippen LogP contribution < -0.4 is 5.32 Å². The minimum absolute atomic E-state index is 0.127. The molecule has 0 fully saturated rings. The average molecular weight is 502 g/mol. The van der Waals surface area contributed by atoms with Crippen LogP contribution in [0.15, 0.2) is 57.6 Å². The summed E-state index contributed by atoms with van der Waals surface area (Å²) in [4.78, 5) is 16.9. The van der Waals surface area contributed by atoms with Gasteiger partial charge in [0.05, 0.1) is 22.7 Å². The smallest absolute Gasteiger partial charge is 0.270 e. The largest absolute Gasteiger partial charge is 0.461 e. The van der Waals surface area contributed by atoms with Crippen molar-refractivity contribution >= 4 is 40.6 Å². The van der Waals surface area contributed by atoms with Crippen LogP contribution in [0.1, 0.15) is 48.1 Å². The molecule has 0 saturated carbocycles. The van der Waals surface area contributed by atoms with Crippen LogP contribution in [0.4, 0.5) is 0 Å². The molecule has 0 spiro atoms. The van der Waals surface area contributed by atoms with E-state index in [0.29, 0.717) is 39.8 Å². The first-order chi connectivity index (χ1) is 16.2. The third kappa shape index (κ3) is 5.85. The fourth-order valence-electron chi connectivity index (χ4n) is 3.23. The van der Waals surface area contributed by atoms with Gasteiger partial charge in [-0.15, -0.1) is 21.5 Å². The predicted octanol–water partition coefficient (Wildman–Crippen LogP) is 6.24. The van der Waals surface area contributed by atoms with Crippen LogP contribution in [0.3, 0.4) is 0 Å². The monoisotopic (exact) mass is 501 g/mol. The molecule has 33 heavy (non-hydrogen) atoms. The van der Waals surface area contributed by atoms with Crippen molar-refractivity contribution in [2.45, 2.75) is 43.5 Å². The molecular formula is C23H24ClN5O2S2. The summed E-state index contributed by atoms with van der Waals surface area (Å²) in [6.07, 6.45) is 6.08. The van der Waals surface area contributed by atoms with Crippen LogP contribution in [0.5, 0.6) is 0 Å². The Bertz CT molecular complexity index is 1190. The lowest BCUT2D eigenvalue weighted by atomic mass is 10.2. The molecule has 1 aromatic carbocycles. The summed E-state index contributed by atoms with van der Waals surface area (Å²) in [6.45, 7) is 2.85. The van der Waals surface area contributed by atoms with Gasteiger partial charge in [-0.3, -0.25) is 9.36 Å². The van der Waals surface area contributed by atoms with Gasteiger partial charge in [0.1, 0.15) is 10.7 Å². The summed E-state index contributed by atoms with van der Waals surface area (Å²) in [5.74, 6) is 1.59. The maximum absolute atomic E-state index is 12.4. The predicted molar refractivity (Wildman–Crippen MR) is 132 cm³/mol. The highest BCUT2D eigenvalue weighted by Gasteiger charge is 2.20. The van der Waals surface area contributed by atoms with Crippen molar-refractivity contribution in [1.82, 2.24) is 25.1 Å². The number of rotatable bonds is 11. The van der Waals surface area contributed by atoms with Gasteiger partial charge >= 0.3 is 0 Å². The van der Waals surface area contributed by atoms with E-state index in [4.69, 9.17) is 16.0 Å². The first kappa shape index (κ1) is 23.5. The minimum atomic E-state index is -0.127. The molecule has 0 aliphatic heterocycles. The van der Waals surface area contributed by atoms with E-state index in [-0.39, 0.29) is 5.91 Å². The fourth-order valence-corrected chi connectivity index (χ4v) is 5.19. The maximum atomic E-state index is 12.4. The lowest BCUT2D eigenvalue weighted by Gasteiger charge is -2.10. The molecule has 0 atom stereocenters. The number of unbranched alkanes of at least 4 members (excludes halogenated alkanes) is 3. The Balaban J connectivity index is 1.46. The number of carbonyl (C=O) groups excluding carboxylic acids is 1. The molecule has 0 aliphatic rings. The van der Waals surface area contributed by atoms with Gasteiger partial charge in [0.2, 0.25) is 5.82 Å². The molecule has 7 nitrogen and oxygen atoms in total. The van der Waals surface area contributed by atoms with E-state index in [2.05, 4.69) is 27.4 Å². The van der Waals surface area contributed by atoms with E-state index in [1.807, 2.05) is 34.9 Å². The molecule has 0 bridgehead atoms. The van der Waals surface area contributed by atoms with Gasteiger partial charge in [-0.05, 0) is 30.7 Å². The molecule has 172 valence electrons. The highest BCUT2D eigenvalue weighted by Crippen LogP contribution is 2.33. The van der Waals surface area contributed by atoms with Gasteiger partial charge in [-0.1, -0.05) is 61.7 Å². The Labute approximate surface area is 205 Å². The first-order valence-electron chi connectivity index (χ1n) is 10.8. The van der Waals surface area contributed by atoms with Crippen molar-refractivity contribution in [2.24, 2.45) is 0 Å². The standard InChI is InChI=1S/C23H24ClN5O2S2/c1-2-3-4-7-12-25-22(30)17-14-32-20(26-17)15-33-23-28-27-21(19-11-8-13-31-19)29(23)18-10-6-5-9-16(18)24/h5-6,8-11,13-14H,2-4,7,12,15H2,1H3,(H,25,30). The van der Waals surface area contributed by atoms with Gasteiger partial charge in [0.15, 0.2) is 10.9 Å². The van der Waals surface area contributed by atoms with Crippen molar-refractivity contribution in [3.8, 4) is 17.3 Å². The minimum Gasteiger partial charge on any atom is -0.461 e. The van der Waals surface area contributed by atoms with E-state index in [0.717, 1.165) is 23.5 Å². The zero-order valence-electron chi connectivity index (χ0n) is 18.2. The van der Waals surface area contributed by atoms with E-state index in [1.165, 1.54) is 35.9 Å². The highest BCUT2D eigenvalue weighted by atomic mass is 35.5. The van der Waals surface area contributed by atoms with Crippen LogP contribution in [0.2, 0.25) is 5.02 Å². The number of thioether (sulfide) groups is 1. The summed E-state index contributed by atoms with van der Waals surface area (Å²) in [5.41, 5.74) is 1.22. The molecule has 1 amide bonds. The SMILES string of the molecule is CCCCCCNC(=O)c1csc(CSc2nnc(-c3ccco3)n2-c2ccccc2Cl)n1. The van der Waals surface area contributed by atoms with Gasteiger partial charge in [-0.2, -0.15) is 0 Å². The van der Waals surface area contributed by atoms with Crippen LogP contribution >= 0.6 is 34.7 Å². The molecule has 1 N–H and O–H groups in total. The molecule has 3 aromatic heterocycles. The number of halogens is 1. The molecule has 10 heteroatoms. The van der Waals surface area contributed by atoms with Crippen molar-refractivity contribution in [2.75, 3.05) is 6.54 Å². The molecule has 0 aliphatic carbocycles. The molecule has 0 saturated heterocycles. The second-order valence-electron chi connectivity index (χ2n) is 7.30. The van der Waals surface area contributed by atoms with Gasteiger partial charge in [-0.25, -0.2) is 4.98 Å². The van der Waals surface area contributed by atoms with Crippen molar-refractivity contribution in [3.05, 3.63) is 63.8 Å². The Hall–Kier alpha value is -2.62. The number of para-hydroxylation sites is 1. The third-order valence-corrected chi connectivity index (χ3v) is 7.18. The van der Waals surface area contributed by atoms with Crippen LogP contribution in [-0.2, 0) is 5.75 Å². The lowest BCUT2D eigenvalue weighted by Crippen LogP contribution is -2.24. The van der Waals surface area contributed by atoms with E-state index in [1.54, 1.807) is 17.7 Å². The van der Waals surface area contributed by atoms with Crippen LogP contribution in [0.25, 0.3) is 17.3 Å². The topological polar surface area (TPSA) is 85.8 Å². The van der Waals surface area contributed by atoms with Crippen LogP contribution in [0, 0.1) is 0 Å². The number of hydrogen-bond acceptors (Lipinski definition) is 7. The molecule has 0 radical (unpaired) electrons. The maximum Gasteiger partial charge on any atom is 0.270 e. The number of nitrogens with zero attached hydrogens (tertiary/aromatic N) is 4. The van der Waals surface area contributed by atoms with E-state index >= 15 is 0 Å². The molecule has 4 aromatic rings. The van der Waals surface area contributed by atoms with Gasteiger partial charge in [0.25, 0.3) is 5.91 Å². The Morgan fingerprint density at radius 1 is 1.18 bits per heavy atom. The molecular weight excluding hydrogens is 478 g/mol. The second kappa shape index (κ2) is 11.5. The van der Waals surface area contributed by atoms with Gasteiger partial charge in [0, 0.05) is 11.9 Å². The highest BCUT2D eigenvalue weighted by molar-refractivity contribution is 7.98. The normalized spacial score (nSPS) is 11.1. The number of thiazole rings is 1. The zero-order valence-corrected chi connectivity index (χ0v) is 20.6. The van der Waals surface area contributed by atoms with Crippen molar-refractivity contribution < 1.29 is 9.21 Å². The summed E-state index contributed by atoms with van der Waals surface area (Å²) in [7, 11) is 0. The molecule has 4 rings (SSSR count). The van der Waals surface area contributed by atoms with Crippen LogP contribution in [-0.4, -0.2) is 32.2 Å².